The highest BCUT2D eigenvalue weighted by atomic mass is 28.4. The number of hydrogen-bond donors (Lipinski definition) is 1. The Morgan fingerprint density at radius 2 is 1.30 bits per heavy atom. The van der Waals surface area contributed by atoms with E-state index in [1.165, 1.54) is 0 Å². The van der Waals surface area contributed by atoms with Crippen molar-refractivity contribution in [2.75, 3.05) is 13.2 Å². The van der Waals surface area contributed by atoms with Crippen LogP contribution in [0.5, 0.6) is 0 Å². The Kier molecular flexibility index (Phi) is 11.4. The van der Waals surface area contributed by atoms with E-state index in [4.69, 9.17) is 13.3 Å². The monoisotopic (exact) mass is 613 g/mol. The molecule has 0 spiro atoms. The van der Waals surface area contributed by atoms with E-state index in [0.29, 0.717) is 13.2 Å². The summed E-state index contributed by atoms with van der Waals surface area (Å²) in [4.78, 5) is 27.2. The van der Waals surface area contributed by atoms with Crippen LogP contribution in [0.3, 0.4) is 0 Å². The highest BCUT2D eigenvalue weighted by Crippen LogP contribution is 2.42. The topological polar surface area (TPSA) is 73.9 Å². The van der Waals surface area contributed by atoms with E-state index in [0.717, 1.165) is 5.57 Å². The largest absolute Gasteiger partial charge is 0.414 e. The molecule has 0 saturated carbocycles. The Morgan fingerprint density at radius 3 is 1.70 bits per heavy atom. The van der Waals surface area contributed by atoms with Crippen molar-refractivity contribution in [3.05, 3.63) is 11.6 Å². The minimum absolute atomic E-state index is 0.0186. The molecule has 1 fully saturated rings. The van der Waals surface area contributed by atoms with Crippen LogP contribution >= 0.6 is 0 Å². The molecule has 4 atom stereocenters. The molecule has 0 radical (unpaired) electrons. The van der Waals surface area contributed by atoms with Crippen molar-refractivity contribution < 1.29 is 22.9 Å². The molecule has 1 aliphatic rings. The van der Waals surface area contributed by atoms with Gasteiger partial charge in [0.25, 0.3) is 0 Å². The zero-order valence-electron chi connectivity index (χ0n) is 29.3. The normalized spacial score (nSPS) is 23.4. The summed E-state index contributed by atoms with van der Waals surface area (Å²) in [6.45, 7) is 39.8. The van der Waals surface area contributed by atoms with Crippen LogP contribution in [0.15, 0.2) is 11.6 Å². The Labute approximate surface area is 250 Å². The maximum atomic E-state index is 14.2. The number of Topliss-reactive ketones (excluding diaryl/α,β-unsaturated/α-hetero) is 1. The molecule has 234 valence electrons. The minimum Gasteiger partial charge on any atom is -0.414 e. The fraction of sp³-hybridized carbons (Fsp3) is 0.871. The summed E-state index contributed by atoms with van der Waals surface area (Å²) < 4.78 is 19.9. The van der Waals surface area contributed by atoms with Crippen LogP contribution in [-0.4, -0.2) is 62.0 Å². The summed E-state index contributed by atoms with van der Waals surface area (Å²) in [5, 5.41) is 3.12. The maximum absolute atomic E-state index is 14.2. The molecule has 1 heterocycles. The predicted octanol–water partition coefficient (Wildman–Crippen LogP) is 8.08. The molecule has 0 aromatic heterocycles. The Hall–Kier alpha value is -0.589. The standard InChI is InChI=1S/C31H63NO5Si3/c1-22(20-35-38(13,14)28(3,4)5)19-25-31(12,27(34)32-25)26(33)23(2)24(37-40(17,18)30(9,10)11)21-36-39(15,16)29(6,7)8/h19,23-25H,20-21H2,1-18H3,(H,32,34)/b22-19+/t23-,24-,25-,31+/m1/s1. The van der Waals surface area contributed by atoms with Crippen molar-refractivity contribution in [3.63, 3.8) is 0 Å². The van der Waals surface area contributed by atoms with Crippen molar-refractivity contribution in [2.24, 2.45) is 11.3 Å². The maximum Gasteiger partial charge on any atom is 0.236 e. The van der Waals surface area contributed by atoms with Crippen LogP contribution in [0.1, 0.15) is 83.1 Å². The molecule has 1 amide bonds. The SMILES string of the molecule is C/C(=C\[C@H]1NC(=O)[C@]1(C)C(=O)[C@H](C)[C@@H](CO[Si](C)(C)C(C)(C)C)O[Si](C)(C)C(C)(C)C)CO[Si](C)(C)C(C)(C)C. The highest BCUT2D eigenvalue weighted by Gasteiger charge is 2.58. The van der Waals surface area contributed by atoms with Crippen molar-refractivity contribution in [1.82, 2.24) is 5.32 Å². The van der Waals surface area contributed by atoms with Crippen molar-refractivity contribution in [3.8, 4) is 0 Å². The van der Waals surface area contributed by atoms with Gasteiger partial charge in [0.2, 0.25) is 5.91 Å². The van der Waals surface area contributed by atoms with Gasteiger partial charge in [-0.15, -0.1) is 0 Å². The number of β-lactam (4-membered cyclic amide) rings is 1. The van der Waals surface area contributed by atoms with Crippen molar-refractivity contribution in [2.45, 2.75) is 150 Å². The van der Waals surface area contributed by atoms with E-state index in [2.05, 4.69) is 107 Å². The fourth-order valence-electron chi connectivity index (χ4n) is 3.80. The molecule has 1 saturated heterocycles. The molecule has 0 aromatic rings. The van der Waals surface area contributed by atoms with E-state index in [-0.39, 0.29) is 32.8 Å². The molecule has 1 rings (SSSR count). The van der Waals surface area contributed by atoms with Gasteiger partial charge in [0.15, 0.2) is 30.7 Å². The molecular formula is C31H63NO5Si3. The third-order valence-electron chi connectivity index (χ3n) is 10.4. The Balaban J connectivity index is 3.26. The predicted molar refractivity (Wildman–Crippen MR) is 176 cm³/mol. The van der Waals surface area contributed by atoms with Crippen LogP contribution in [0.4, 0.5) is 0 Å². The minimum atomic E-state index is -2.22. The van der Waals surface area contributed by atoms with Gasteiger partial charge < -0.3 is 18.6 Å². The van der Waals surface area contributed by atoms with Crippen molar-refractivity contribution in [1.29, 1.82) is 0 Å². The van der Waals surface area contributed by atoms with Crippen LogP contribution < -0.4 is 5.32 Å². The zero-order chi connectivity index (χ0) is 31.9. The number of ketones is 1. The molecule has 1 N–H and O–H groups in total. The molecular weight excluding hydrogens is 551 g/mol. The summed E-state index contributed by atoms with van der Waals surface area (Å²) in [6.07, 6.45) is 1.59. The summed E-state index contributed by atoms with van der Waals surface area (Å²) >= 11 is 0. The summed E-state index contributed by atoms with van der Waals surface area (Å²) in [5.74, 6) is -0.798. The average Bonchev–Trinajstić information content (AvgIpc) is 2.76. The Bertz CT molecular complexity index is 953. The molecule has 0 unspecified atom stereocenters. The molecule has 6 nitrogen and oxygen atoms in total. The lowest BCUT2D eigenvalue weighted by molar-refractivity contribution is -0.155. The van der Waals surface area contributed by atoms with E-state index in [1.807, 2.05) is 19.9 Å². The fourth-order valence-corrected chi connectivity index (χ4v) is 7.22. The molecule has 0 aliphatic carbocycles. The molecule has 9 heteroatoms. The van der Waals surface area contributed by atoms with Gasteiger partial charge in [-0.05, 0) is 68.2 Å². The van der Waals surface area contributed by atoms with Gasteiger partial charge in [0, 0.05) is 5.92 Å². The quantitative estimate of drug-likeness (QED) is 0.104. The third kappa shape index (κ3) is 8.28. The smallest absolute Gasteiger partial charge is 0.236 e. The summed E-state index contributed by atoms with van der Waals surface area (Å²) in [7, 11) is -6.20. The van der Waals surface area contributed by atoms with Crippen LogP contribution in [0, 0.1) is 11.3 Å². The van der Waals surface area contributed by atoms with Gasteiger partial charge in [0.1, 0.15) is 5.41 Å². The number of carbonyl (C=O) groups is 2. The van der Waals surface area contributed by atoms with E-state index in [9.17, 15) is 9.59 Å². The summed E-state index contributed by atoms with van der Waals surface area (Å²) in [5.41, 5.74) is -0.124. The second kappa shape index (κ2) is 12.2. The molecule has 1 aliphatic heterocycles. The van der Waals surface area contributed by atoms with Gasteiger partial charge >= 0.3 is 0 Å². The van der Waals surface area contributed by atoms with E-state index >= 15 is 0 Å². The first-order chi connectivity index (χ1) is 17.5. The number of rotatable bonds is 12. The van der Waals surface area contributed by atoms with Gasteiger partial charge in [0.05, 0.1) is 25.4 Å². The highest BCUT2D eigenvalue weighted by molar-refractivity contribution is 6.75. The van der Waals surface area contributed by atoms with Crippen LogP contribution in [0.25, 0.3) is 0 Å². The van der Waals surface area contributed by atoms with Gasteiger partial charge in [-0.3, -0.25) is 9.59 Å². The second-order valence-electron chi connectivity index (χ2n) is 16.9. The first kappa shape index (κ1) is 37.4. The number of carbonyl (C=O) groups excluding carboxylic acids is 2. The lowest BCUT2D eigenvalue weighted by Crippen LogP contribution is -2.70. The number of nitrogens with one attached hydrogen (secondary N) is 1. The van der Waals surface area contributed by atoms with Crippen LogP contribution in [0.2, 0.25) is 54.4 Å². The second-order valence-corrected chi connectivity index (χ2v) is 31.2. The Morgan fingerprint density at radius 1 is 0.875 bits per heavy atom. The van der Waals surface area contributed by atoms with E-state index < -0.39 is 42.4 Å². The molecule has 0 bridgehead atoms. The zero-order valence-corrected chi connectivity index (χ0v) is 32.3. The molecule has 40 heavy (non-hydrogen) atoms. The first-order valence-corrected chi connectivity index (χ1v) is 23.7. The van der Waals surface area contributed by atoms with Crippen molar-refractivity contribution >= 4 is 36.6 Å². The first-order valence-electron chi connectivity index (χ1n) is 15.0. The number of amides is 1. The van der Waals surface area contributed by atoms with Gasteiger partial charge in [-0.25, -0.2) is 0 Å². The summed E-state index contributed by atoms with van der Waals surface area (Å²) in [6, 6.07) is -0.368. The molecule has 0 aromatic carbocycles. The average molecular weight is 614 g/mol. The van der Waals surface area contributed by atoms with E-state index in [1.54, 1.807) is 6.92 Å². The lowest BCUT2D eigenvalue weighted by atomic mass is 9.66. The lowest BCUT2D eigenvalue weighted by Gasteiger charge is -2.47. The van der Waals surface area contributed by atoms with Crippen LogP contribution in [-0.2, 0) is 22.9 Å². The number of hydrogen-bond acceptors (Lipinski definition) is 5. The van der Waals surface area contributed by atoms with Gasteiger partial charge in [-0.2, -0.15) is 0 Å². The van der Waals surface area contributed by atoms with Gasteiger partial charge in [-0.1, -0.05) is 80.9 Å². The third-order valence-corrected chi connectivity index (χ3v) is 23.9.